The number of nitrogens with zero attached hydrogens (tertiary/aromatic N) is 1. The first-order chi connectivity index (χ1) is 13.0. The van der Waals surface area contributed by atoms with E-state index >= 15 is 0 Å². The highest BCUT2D eigenvalue weighted by atomic mass is 19.4. The highest BCUT2D eigenvalue weighted by Crippen LogP contribution is 2.44. The maximum absolute atomic E-state index is 13.7. The van der Waals surface area contributed by atoms with Crippen LogP contribution in [-0.2, 0) is 0 Å². The molecule has 0 spiro atoms. The van der Waals surface area contributed by atoms with Crippen molar-refractivity contribution in [3.8, 4) is 0 Å². The fraction of sp³-hybridized carbons (Fsp3) is 0.250. The van der Waals surface area contributed by atoms with Crippen molar-refractivity contribution in [2.24, 2.45) is 5.92 Å². The van der Waals surface area contributed by atoms with Gasteiger partial charge in [0, 0.05) is 5.56 Å². The van der Waals surface area contributed by atoms with Crippen molar-refractivity contribution in [2.45, 2.75) is 17.9 Å². The molecule has 1 aliphatic rings. The maximum Gasteiger partial charge on any atom is 0.437 e. The minimum Gasteiger partial charge on any atom is -0.404 e. The Labute approximate surface area is 154 Å². The zero-order chi connectivity index (χ0) is 20.7. The van der Waals surface area contributed by atoms with E-state index in [1.807, 2.05) is 0 Å². The lowest BCUT2D eigenvalue weighted by atomic mass is 9.79. The molecule has 1 aromatic heterocycles. The Morgan fingerprint density at radius 2 is 1.86 bits per heavy atom. The molecule has 12 heteroatoms. The summed E-state index contributed by atoms with van der Waals surface area (Å²) >= 11 is 0. The molecular formula is C16H12F3N3O6. The van der Waals surface area contributed by atoms with Crippen molar-refractivity contribution in [2.75, 3.05) is 0 Å². The predicted molar refractivity (Wildman–Crippen MR) is 85.0 cm³/mol. The van der Waals surface area contributed by atoms with Gasteiger partial charge in [0.15, 0.2) is 5.78 Å². The summed E-state index contributed by atoms with van der Waals surface area (Å²) in [6, 6.07) is 5.37. The number of halogens is 3. The normalized spacial score (nSPS) is 24.9. The van der Waals surface area contributed by atoms with Crippen LogP contribution in [-0.4, -0.2) is 33.7 Å². The topological polar surface area (TPSA) is 135 Å². The van der Waals surface area contributed by atoms with E-state index in [4.69, 9.17) is 4.42 Å². The Kier molecular flexibility index (Phi) is 4.59. The second-order valence-electron chi connectivity index (χ2n) is 5.98. The number of nitro groups is 1. The summed E-state index contributed by atoms with van der Waals surface area (Å²) in [7, 11) is 0. The van der Waals surface area contributed by atoms with Gasteiger partial charge >= 0.3 is 18.1 Å². The van der Waals surface area contributed by atoms with Gasteiger partial charge in [0.05, 0.1) is 6.07 Å². The highest BCUT2D eigenvalue weighted by molar-refractivity contribution is 6.00. The van der Waals surface area contributed by atoms with Gasteiger partial charge in [-0.2, -0.15) is 13.2 Å². The number of nitrogens with one attached hydrogen (secondary N) is 2. The molecule has 1 fully saturated rings. The number of rotatable bonds is 4. The quantitative estimate of drug-likeness (QED) is 0.410. The van der Waals surface area contributed by atoms with Crippen molar-refractivity contribution in [3.63, 3.8) is 0 Å². The summed E-state index contributed by atoms with van der Waals surface area (Å²) in [5.74, 6) is -4.77. The molecule has 3 N–H and O–H groups in total. The molecule has 1 saturated heterocycles. The molecule has 0 saturated carbocycles. The molecule has 2 heterocycles. The molecule has 3 rings (SSSR count). The maximum atomic E-state index is 13.7. The van der Waals surface area contributed by atoms with Crippen molar-refractivity contribution >= 4 is 17.7 Å². The second-order valence-corrected chi connectivity index (χ2v) is 5.98. The number of aliphatic hydroxyl groups is 1. The van der Waals surface area contributed by atoms with Gasteiger partial charge in [-0.05, 0) is 6.07 Å². The number of alkyl halides is 3. The van der Waals surface area contributed by atoms with E-state index in [1.54, 1.807) is 0 Å². The van der Waals surface area contributed by atoms with Crippen LogP contribution in [0.4, 0.5) is 23.8 Å². The molecule has 148 valence electrons. The highest BCUT2D eigenvalue weighted by Gasteiger charge is 2.67. The number of amides is 2. The van der Waals surface area contributed by atoms with Crippen molar-refractivity contribution in [1.82, 2.24) is 10.6 Å². The van der Waals surface area contributed by atoms with Gasteiger partial charge < -0.3 is 20.2 Å². The number of carbonyl (C=O) groups excluding carboxylic acids is 2. The molecule has 3 atom stereocenters. The monoisotopic (exact) mass is 399 g/mol. The Morgan fingerprint density at radius 1 is 1.21 bits per heavy atom. The minimum atomic E-state index is -5.43. The van der Waals surface area contributed by atoms with Crippen molar-refractivity contribution in [3.05, 3.63) is 63.9 Å². The molecule has 0 unspecified atom stereocenters. The van der Waals surface area contributed by atoms with Crippen LogP contribution in [0.15, 0.2) is 46.9 Å². The molecule has 0 aliphatic carbocycles. The van der Waals surface area contributed by atoms with Gasteiger partial charge in [0.2, 0.25) is 5.72 Å². The number of Topliss-reactive ketones (excluding diaryl/α,β-unsaturated/α-hetero) is 1. The van der Waals surface area contributed by atoms with Crippen LogP contribution in [0, 0.1) is 16.0 Å². The summed E-state index contributed by atoms with van der Waals surface area (Å²) < 4.78 is 45.9. The SMILES string of the molecule is O=C1N[C@H](c2ccc([N+](=O)[O-])o2)[C@@H](C(=O)c2ccccc2)[C@](O)(C(F)(F)F)N1. The van der Waals surface area contributed by atoms with E-state index in [-0.39, 0.29) is 5.56 Å². The standard InChI is InChI=1S/C16H12F3N3O6/c17-16(18,19)15(25)11(13(23)8-4-2-1-3-5-8)12(20-14(24)21-15)9-6-7-10(28-9)22(26)27/h1-7,11-12,25H,(H2,20,21,24)/t11-,12+,15-/m0/s1. The van der Waals surface area contributed by atoms with E-state index in [0.29, 0.717) is 0 Å². The van der Waals surface area contributed by atoms with Crippen LogP contribution in [0.2, 0.25) is 0 Å². The fourth-order valence-corrected chi connectivity index (χ4v) is 2.97. The Balaban J connectivity index is 2.15. The second kappa shape index (κ2) is 6.64. The smallest absolute Gasteiger partial charge is 0.404 e. The minimum absolute atomic E-state index is 0.167. The summed E-state index contributed by atoms with van der Waals surface area (Å²) in [5.41, 5.74) is -4.10. The number of carbonyl (C=O) groups is 2. The van der Waals surface area contributed by atoms with Crippen molar-refractivity contribution < 1.29 is 37.2 Å². The first-order valence-corrected chi connectivity index (χ1v) is 7.76. The summed E-state index contributed by atoms with van der Waals surface area (Å²) in [4.78, 5) is 34.5. The first-order valence-electron chi connectivity index (χ1n) is 7.76. The zero-order valence-corrected chi connectivity index (χ0v) is 13.8. The summed E-state index contributed by atoms with van der Waals surface area (Å²) in [5, 5.41) is 24.5. The van der Waals surface area contributed by atoms with Crippen LogP contribution in [0.1, 0.15) is 22.2 Å². The van der Waals surface area contributed by atoms with E-state index in [0.717, 1.165) is 12.1 Å². The Morgan fingerprint density at radius 3 is 2.39 bits per heavy atom. The van der Waals surface area contributed by atoms with Gasteiger partial charge in [-0.15, -0.1) is 0 Å². The molecular weight excluding hydrogens is 387 g/mol. The Hall–Kier alpha value is -3.41. The number of hydrogen-bond acceptors (Lipinski definition) is 6. The predicted octanol–water partition coefficient (Wildman–Crippen LogP) is 2.29. The summed E-state index contributed by atoms with van der Waals surface area (Å²) in [6.07, 6.45) is -5.43. The van der Waals surface area contributed by atoms with Crippen LogP contribution >= 0.6 is 0 Å². The summed E-state index contributed by atoms with van der Waals surface area (Å²) in [6.45, 7) is 0. The first kappa shape index (κ1) is 19.4. The van der Waals surface area contributed by atoms with Gasteiger partial charge in [-0.25, -0.2) is 4.79 Å². The van der Waals surface area contributed by atoms with E-state index in [2.05, 4.69) is 5.32 Å². The van der Waals surface area contributed by atoms with Gasteiger partial charge in [-0.3, -0.25) is 14.9 Å². The van der Waals surface area contributed by atoms with E-state index in [1.165, 1.54) is 35.6 Å². The third-order valence-corrected chi connectivity index (χ3v) is 4.25. The van der Waals surface area contributed by atoms with Gasteiger partial charge in [0.1, 0.15) is 22.6 Å². The van der Waals surface area contributed by atoms with Gasteiger partial charge in [-0.1, -0.05) is 30.3 Å². The van der Waals surface area contributed by atoms with E-state index < -0.39 is 52.2 Å². The third kappa shape index (κ3) is 3.17. The lowest BCUT2D eigenvalue weighted by molar-refractivity contribution is -0.402. The largest absolute Gasteiger partial charge is 0.437 e. The van der Waals surface area contributed by atoms with Crippen LogP contribution in [0.3, 0.4) is 0 Å². The zero-order valence-electron chi connectivity index (χ0n) is 13.8. The molecule has 2 aromatic rings. The van der Waals surface area contributed by atoms with Crippen LogP contribution in [0.5, 0.6) is 0 Å². The molecule has 28 heavy (non-hydrogen) atoms. The number of ketones is 1. The molecule has 1 aromatic carbocycles. The fourth-order valence-electron chi connectivity index (χ4n) is 2.97. The number of hydrogen-bond donors (Lipinski definition) is 3. The van der Waals surface area contributed by atoms with E-state index in [9.17, 15) is 38.0 Å². The lowest BCUT2D eigenvalue weighted by Crippen LogP contribution is -2.72. The van der Waals surface area contributed by atoms with Gasteiger partial charge in [0.25, 0.3) is 0 Å². The number of furan rings is 1. The average molecular weight is 399 g/mol. The average Bonchev–Trinajstić information content (AvgIpc) is 3.11. The van der Waals surface area contributed by atoms with Crippen molar-refractivity contribution in [1.29, 1.82) is 0 Å². The molecule has 1 aliphatic heterocycles. The Bertz CT molecular complexity index is 929. The van der Waals surface area contributed by atoms with Crippen LogP contribution in [0.25, 0.3) is 0 Å². The number of urea groups is 1. The third-order valence-electron chi connectivity index (χ3n) is 4.25. The molecule has 2 amide bonds. The lowest BCUT2D eigenvalue weighted by Gasteiger charge is -2.44. The van der Waals surface area contributed by atoms with Crippen LogP contribution < -0.4 is 10.6 Å². The number of benzene rings is 1. The molecule has 0 bridgehead atoms. The molecule has 0 radical (unpaired) electrons. The molecule has 9 nitrogen and oxygen atoms in total.